The van der Waals surface area contributed by atoms with Gasteiger partial charge in [-0.05, 0) is 38.3 Å². The molecule has 0 aliphatic carbocycles. The Morgan fingerprint density at radius 1 is 1.32 bits per heavy atom. The second-order valence-electron chi connectivity index (χ2n) is 5.33. The second-order valence-corrected chi connectivity index (χ2v) is 5.33. The Balaban J connectivity index is 1.83. The topological polar surface area (TPSA) is 49.8 Å². The molecule has 0 bridgehead atoms. The van der Waals surface area contributed by atoms with E-state index in [1.54, 1.807) is 4.90 Å². The number of benzene rings is 1. The van der Waals surface area contributed by atoms with E-state index in [4.69, 9.17) is 4.74 Å². The highest BCUT2D eigenvalue weighted by Gasteiger charge is 2.26. The average Bonchev–Trinajstić information content (AvgIpc) is 2.58. The summed E-state index contributed by atoms with van der Waals surface area (Å²) in [6.45, 7) is 3.20. The average molecular weight is 263 g/mol. The van der Waals surface area contributed by atoms with Crippen LogP contribution in [0.5, 0.6) is 5.75 Å². The van der Waals surface area contributed by atoms with Crippen molar-refractivity contribution in [2.24, 2.45) is 0 Å². The van der Waals surface area contributed by atoms with E-state index in [-0.39, 0.29) is 12.5 Å². The van der Waals surface area contributed by atoms with Gasteiger partial charge >= 0.3 is 0 Å². The highest BCUT2D eigenvalue weighted by molar-refractivity contribution is 5.77. The molecule has 104 valence electrons. The highest BCUT2D eigenvalue weighted by Crippen LogP contribution is 2.21. The number of nitrogens with zero attached hydrogens (tertiary/aromatic N) is 1. The summed E-state index contributed by atoms with van der Waals surface area (Å²) in [5, 5.41) is 9.99. The number of amides is 1. The summed E-state index contributed by atoms with van der Waals surface area (Å²) < 4.78 is 5.46. The second kappa shape index (κ2) is 6.06. The number of rotatable bonds is 3. The number of hydrogen-bond acceptors (Lipinski definition) is 3. The number of carbonyl (C=O) groups is 1. The summed E-state index contributed by atoms with van der Waals surface area (Å²) in [6.07, 6.45) is 2.21. The van der Waals surface area contributed by atoms with Crippen molar-refractivity contribution in [3.05, 3.63) is 30.3 Å². The predicted molar refractivity (Wildman–Crippen MR) is 73.0 cm³/mol. The number of carbonyl (C=O) groups excluding carboxylic acids is 1. The summed E-state index contributed by atoms with van der Waals surface area (Å²) in [5.41, 5.74) is -0.644. The van der Waals surface area contributed by atoms with Crippen molar-refractivity contribution in [1.29, 1.82) is 0 Å². The molecule has 1 unspecified atom stereocenters. The third kappa shape index (κ3) is 4.24. The van der Waals surface area contributed by atoms with Crippen LogP contribution in [0.3, 0.4) is 0 Å². The normalized spacial score (nSPS) is 23.8. The first-order valence-corrected chi connectivity index (χ1v) is 6.75. The van der Waals surface area contributed by atoms with Gasteiger partial charge in [0.2, 0.25) is 0 Å². The Hall–Kier alpha value is -1.55. The third-order valence-electron chi connectivity index (χ3n) is 3.52. The molecule has 1 heterocycles. The molecule has 1 N–H and O–H groups in total. The Bertz CT molecular complexity index is 417. The van der Waals surface area contributed by atoms with Crippen molar-refractivity contribution in [2.75, 3.05) is 19.7 Å². The molecule has 1 aliphatic heterocycles. The molecule has 19 heavy (non-hydrogen) atoms. The molecule has 0 aromatic heterocycles. The van der Waals surface area contributed by atoms with E-state index < -0.39 is 5.60 Å². The Kier molecular flexibility index (Phi) is 4.43. The lowest BCUT2D eigenvalue weighted by atomic mass is 9.98. The molecule has 1 fully saturated rings. The monoisotopic (exact) mass is 263 g/mol. The minimum absolute atomic E-state index is 0.0125. The first-order chi connectivity index (χ1) is 9.07. The zero-order valence-corrected chi connectivity index (χ0v) is 11.3. The van der Waals surface area contributed by atoms with Gasteiger partial charge in [0.25, 0.3) is 5.91 Å². The van der Waals surface area contributed by atoms with E-state index in [2.05, 4.69) is 0 Å². The van der Waals surface area contributed by atoms with Crippen LogP contribution in [-0.4, -0.2) is 41.2 Å². The molecule has 2 rings (SSSR count). The Labute approximate surface area is 114 Å². The maximum absolute atomic E-state index is 12.1. The number of likely N-dealkylation sites (tertiary alicyclic amines) is 1. The number of hydrogen-bond donors (Lipinski definition) is 1. The summed E-state index contributed by atoms with van der Waals surface area (Å²) in [7, 11) is 0. The minimum atomic E-state index is -0.644. The van der Waals surface area contributed by atoms with Gasteiger partial charge in [-0.15, -0.1) is 0 Å². The molecule has 1 amide bonds. The summed E-state index contributed by atoms with van der Waals surface area (Å²) >= 11 is 0. The van der Waals surface area contributed by atoms with Gasteiger partial charge in [-0.2, -0.15) is 0 Å². The number of aliphatic hydroxyl groups is 1. The van der Waals surface area contributed by atoms with Gasteiger partial charge in [-0.25, -0.2) is 0 Å². The lowest BCUT2D eigenvalue weighted by Gasteiger charge is -2.22. The van der Waals surface area contributed by atoms with E-state index in [0.717, 1.165) is 12.8 Å². The van der Waals surface area contributed by atoms with Crippen LogP contribution >= 0.6 is 0 Å². The van der Waals surface area contributed by atoms with Crippen LogP contribution in [0.2, 0.25) is 0 Å². The summed E-state index contributed by atoms with van der Waals surface area (Å²) in [4.78, 5) is 13.8. The van der Waals surface area contributed by atoms with Crippen LogP contribution in [0.25, 0.3) is 0 Å². The number of ether oxygens (including phenoxy) is 1. The van der Waals surface area contributed by atoms with Crippen molar-refractivity contribution in [3.63, 3.8) is 0 Å². The molecular weight excluding hydrogens is 242 g/mol. The van der Waals surface area contributed by atoms with Gasteiger partial charge in [0.05, 0.1) is 5.60 Å². The van der Waals surface area contributed by atoms with Crippen molar-refractivity contribution in [1.82, 2.24) is 4.90 Å². The van der Waals surface area contributed by atoms with Crippen LogP contribution in [-0.2, 0) is 4.79 Å². The molecule has 1 aromatic carbocycles. The van der Waals surface area contributed by atoms with E-state index in [1.165, 1.54) is 0 Å². The minimum Gasteiger partial charge on any atom is -0.484 e. The molecule has 4 nitrogen and oxygen atoms in total. The van der Waals surface area contributed by atoms with E-state index in [9.17, 15) is 9.90 Å². The zero-order chi connectivity index (χ0) is 13.7. The molecule has 1 saturated heterocycles. The predicted octanol–water partition coefficient (Wildman–Crippen LogP) is 1.83. The maximum Gasteiger partial charge on any atom is 0.260 e. The van der Waals surface area contributed by atoms with Crippen molar-refractivity contribution >= 4 is 5.91 Å². The van der Waals surface area contributed by atoms with Gasteiger partial charge in [-0.3, -0.25) is 4.79 Å². The van der Waals surface area contributed by atoms with Crippen molar-refractivity contribution < 1.29 is 14.6 Å². The van der Waals surface area contributed by atoms with Crippen LogP contribution in [0.1, 0.15) is 26.2 Å². The zero-order valence-electron chi connectivity index (χ0n) is 11.3. The first-order valence-electron chi connectivity index (χ1n) is 6.75. The van der Waals surface area contributed by atoms with Crippen molar-refractivity contribution in [3.8, 4) is 5.75 Å². The van der Waals surface area contributed by atoms with Gasteiger partial charge in [0.15, 0.2) is 6.61 Å². The van der Waals surface area contributed by atoms with Crippen LogP contribution in [0.15, 0.2) is 30.3 Å². The smallest absolute Gasteiger partial charge is 0.260 e. The fraction of sp³-hybridized carbons (Fsp3) is 0.533. The van der Waals surface area contributed by atoms with Gasteiger partial charge in [0.1, 0.15) is 5.75 Å². The Morgan fingerprint density at radius 3 is 2.79 bits per heavy atom. The quantitative estimate of drug-likeness (QED) is 0.905. The fourth-order valence-corrected chi connectivity index (χ4v) is 2.27. The molecule has 0 saturated carbocycles. The molecule has 1 atom stereocenters. The third-order valence-corrected chi connectivity index (χ3v) is 3.52. The van der Waals surface area contributed by atoms with Gasteiger partial charge in [-0.1, -0.05) is 18.2 Å². The van der Waals surface area contributed by atoms with Crippen molar-refractivity contribution in [2.45, 2.75) is 31.8 Å². The first kappa shape index (κ1) is 13.9. The molecule has 1 aromatic rings. The molecule has 0 spiro atoms. The standard InChI is InChI=1S/C15H21NO3/c1-15(18)8-5-10-16(11-9-15)14(17)12-19-13-6-3-2-4-7-13/h2-4,6-7,18H,5,8-12H2,1H3. The van der Waals surface area contributed by atoms with Gasteiger partial charge < -0.3 is 14.7 Å². The summed E-state index contributed by atoms with van der Waals surface area (Å²) in [5.74, 6) is 0.694. The molecule has 1 aliphatic rings. The van der Waals surface area contributed by atoms with Crippen LogP contribution in [0.4, 0.5) is 0 Å². The van der Waals surface area contributed by atoms with Crippen LogP contribution < -0.4 is 4.74 Å². The largest absolute Gasteiger partial charge is 0.484 e. The van der Waals surface area contributed by atoms with E-state index in [0.29, 0.717) is 25.3 Å². The summed E-state index contributed by atoms with van der Waals surface area (Å²) in [6, 6.07) is 9.33. The maximum atomic E-state index is 12.1. The fourth-order valence-electron chi connectivity index (χ4n) is 2.27. The van der Waals surface area contributed by atoms with Crippen LogP contribution in [0, 0.1) is 0 Å². The Morgan fingerprint density at radius 2 is 2.05 bits per heavy atom. The van der Waals surface area contributed by atoms with Gasteiger partial charge in [0, 0.05) is 13.1 Å². The lowest BCUT2D eigenvalue weighted by Crippen LogP contribution is -2.36. The number of para-hydroxylation sites is 1. The van der Waals surface area contributed by atoms with E-state index >= 15 is 0 Å². The van der Waals surface area contributed by atoms with E-state index in [1.807, 2.05) is 37.3 Å². The molecule has 4 heteroatoms. The molecular formula is C15H21NO3. The highest BCUT2D eigenvalue weighted by atomic mass is 16.5. The lowest BCUT2D eigenvalue weighted by molar-refractivity contribution is -0.133. The SMILES string of the molecule is CC1(O)CCCN(C(=O)COc2ccccc2)CC1. The molecule has 0 radical (unpaired) electrons.